The topological polar surface area (TPSA) is 69.3 Å². The van der Waals surface area contributed by atoms with E-state index < -0.39 is 0 Å². The summed E-state index contributed by atoms with van der Waals surface area (Å²) in [6.45, 7) is 2.78. The molecule has 124 valence electrons. The van der Waals surface area contributed by atoms with Crippen LogP contribution in [0.1, 0.15) is 34.8 Å². The van der Waals surface area contributed by atoms with Crippen molar-refractivity contribution in [2.24, 2.45) is 0 Å². The van der Waals surface area contributed by atoms with Gasteiger partial charge in [0.05, 0.1) is 13.3 Å². The number of hydrogen-bond donors (Lipinski definition) is 1. The summed E-state index contributed by atoms with van der Waals surface area (Å²) in [7, 11) is 1.60. The summed E-state index contributed by atoms with van der Waals surface area (Å²) < 4.78 is 13.1. The lowest BCUT2D eigenvalue weighted by Crippen LogP contribution is -2.18. The van der Waals surface area contributed by atoms with E-state index in [1.165, 1.54) is 0 Å². The van der Waals surface area contributed by atoms with Crippen molar-refractivity contribution in [3.63, 3.8) is 0 Å². The third-order valence-electron chi connectivity index (χ3n) is 4.56. The van der Waals surface area contributed by atoms with Crippen molar-refractivity contribution in [1.82, 2.24) is 9.55 Å². The number of nitrogens with one attached hydrogen (secondary N) is 1. The first-order chi connectivity index (χ1) is 11.7. The number of aryl methyl sites for hydroxylation is 2. The van der Waals surface area contributed by atoms with Gasteiger partial charge in [0.1, 0.15) is 23.0 Å². The number of methoxy groups -OCH3 is 1. The molecule has 4 rings (SSSR count). The van der Waals surface area contributed by atoms with E-state index in [2.05, 4.69) is 14.9 Å². The molecule has 0 saturated carbocycles. The fraction of sp³-hybridized carbons (Fsp3) is 0.333. The molecule has 1 N–H and O–H groups in total. The van der Waals surface area contributed by atoms with Gasteiger partial charge in [-0.3, -0.25) is 4.79 Å². The molecule has 0 spiro atoms. The highest BCUT2D eigenvalue weighted by molar-refractivity contribution is 6.06. The van der Waals surface area contributed by atoms with Gasteiger partial charge in [-0.15, -0.1) is 0 Å². The van der Waals surface area contributed by atoms with Crippen molar-refractivity contribution >= 4 is 22.7 Å². The average molecular weight is 325 g/mol. The zero-order valence-corrected chi connectivity index (χ0v) is 13.8. The maximum Gasteiger partial charge on any atom is 0.292 e. The highest BCUT2D eigenvalue weighted by Gasteiger charge is 2.21. The van der Waals surface area contributed by atoms with Crippen LogP contribution in [0, 0.1) is 6.92 Å². The van der Waals surface area contributed by atoms with Gasteiger partial charge in [0, 0.05) is 30.0 Å². The largest absolute Gasteiger partial charge is 0.497 e. The molecule has 0 saturated heterocycles. The minimum absolute atomic E-state index is 0.254. The molecule has 0 radical (unpaired) electrons. The second-order valence-corrected chi connectivity index (χ2v) is 6.04. The number of ether oxygens (including phenoxy) is 1. The van der Waals surface area contributed by atoms with E-state index in [0.29, 0.717) is 17.1 Å². The Labute approximate surface area is 139 Å². The van der Waals surface area contributed by atoms with Gasteiger partial charge in [-0.1, -0.05) is 0 Å². The highest BCUT2D eigenvalue weighted by atomic mass is 16.5. The van der Waals surface area contributed by atoms with Gasteiger partial charge >= 0.3 is 0 Å². The third kappa shape index (κ3) is 2.35. The van der Waals surface area contributed by atoms with Gasteiger partial charge in [0.15, 0.2) is 5.76 Å². The van der Waals surface area contributed by atoms with Crippen LogP contribution in [-0.2, 0) is 13.0 Å². The molecular formula is C18H19N3O3. The molecule has 0 aliphatic carbocycles. The zero-order chi connectivity index (χ0) is 16.7. The number of anilines is 1. The first-order valence-electron chi connectivity index (χ1n) is 8.10. The molecule has 3 aromatic rings. The monoisotopic (exact) mass is 325 g/mol. The average Bonchev–Trinajstić information content (AvgIpc) is 3.16. The molecule has 0 bridgehead atoms. The van der Waals surface area contributed by atoms with Crippen molar-refractivity contribution in [1.29, 1.82) is 0 Å². The molecule has 6 heteroatoms. The van der Waals surface area contributed by atoms with Crippen LogP contribution in [0.25, 0.3) is 11.0 Å². The van der Waals surface area contributed by atoms with Gasteiger partial charge < -0.3 is 19.0 Å². The summed E-state index contributed by atoms with van der Waals surface area (Å²) in [4.78, 5) is 17.1. The standard InChI is InChI=1S/C18H19N3O3/c1-11-13-7-6-12(23-2)9-14(13)24-17(11)18(22)20-16-10-19-15-5-3-4-8-21(15)16/h6-7,9-10H,3-5,8H2,1-2H3,(H,20,22). The molecule has 1 aliphatic rings. The number of benzene rings is 1. The van der Waals surface area contributed by atoms with Crippen molar-refractivity contribution < 1.29 is 13.9 Å². The molecular weight excluding hydrogens is 306 g/mol. The van der Waals surface area contributed by atoms with E-state index in [1.54, 1.807) is 19.4 Å². The molecule has 0 fully saturated rings. The Hall–Kier alpha value is -2.76. The van der Waals surface area contributed by atoms with Gasteiger partial charge in [-0.2, -0.15) is 0 Å². The molecule has 0 unspecified atom stereocenters. The quantitative estimate of drug-likeness (QED) is 0.800. The molecule has 1 aromatic carbocycles. The number of amides is 1. The second kappa shape index (κ2) is 5.70. The molecule has 0 atom stereocenters. The van der Waals surface area contributed by atoms with Crippen LogP contribution in [0.3, 0.4) is 0 Å². The Bertz CT molecular complexity index is 923. The predicted molar refractivity (Wildman–Crippen MR) is 90.6 cm³/mol. The lowest BCUT2D eigenvalue weighted by Gasteiger charge is -2.16. The lowest BCUT2D eigenvalue weighted by molar-refractivity contribution is 0.0997. The van der Waals surface area contributed by atoms with Crippen molar-refractivity contribution in [2.75, 3.05) is 12.4 Å². The Morgan fingerprint density at radius 3 is 3.08 bits per heavy atom. The number of aromatic nitrogens is 2. The summed E-state index contributed by atoms with van der Waals surface area (Å²) >= 11 is 0. The van der Waals surface area contributed by atoms with E-state index >= 15 is 0 Å². The van der Waals surface area contributed by atoms with Gasteiger partial charge in [-0.25, -0.2) is 4.98 Å². The number of nitrogens with zero attached hydrogens (tertiary/aromatic N) is 2. The fourth-order valence-corrected chi connectivity index (χ4v) is 3.24. The summed E-state index contributed by atoms with van der Waals surface area (Å²) in [6.07, 6.45) is 4.93. The van der Waals surface area contributed by atoms with Crippen LogP contribution in [0.5, 0.6) is 5.75 Å². The van der Waals surface area contributed by atoms with Gasteiger partial charge in [0.25, 0.3) is 5.91 Å². The summed E-state index contributed by atoms with van der Waals surface area (Å²) in [5, 5.41) is 3.85. The van der Waals surface area contributed by atoms with E-state index in [4.69, 9.17) is 9.15 Å². The summed E-state index contributed by atoms with van der Waals surface area (Å²) in [5.74, 6) is 2.53. The van der Waals surface area contributed by atoms with Crippen LogP contribution >= 0.6 is 0 Å². The zero-order valence-electron chi connectivity index (χ0n) is 13.8. The third-order valence-corrected chi connectivity index (χ3v) is 4.56. The van der Waals surface area contributed by atoms with Crippen LogP contribution < -0.4 is 10.1 Å². The lowest BCUT2D eigenvalue weighted by atomic mass is 10.1. The normalized spacial score (nSPS) is 13.8. The SMILES string of the molecule is COc1ccc2c(C)c(C(=O)Nc3cnc4n3CCCC4)oc2c1. The fourth-order valence-electron chi connectivity index (χ4n) is 3.24. The van der Waals surface area contributed by atoms with Gasteiger partial charge in [0.2, 0.25) is 0 Å². The Morgan fingerprint density at radius 2 is 2.25 bits per heavy atom. The molecule has 2 aromatic heterocycles. The second-order valence-electron chi connectivity index (χ2n) is 6.04. The van der Waals surface area contributed by atoms with Crippen molar-refractivity contribution in [3.05, 3.63) is 41.5 Å². The predicted octanol–water partition coefficient (Wildman–Crippen LogP) is 3.53. The summed E-state index contributed by atoms with van der Waals surface area (Å²) in [6, 6.07) is 5.56. The summed E-state index contributed by atoms with van der Waals surface area (Å²) in [5.41, 5.74) is 1.47. The van der Waals surface area contributed by atoms with Crippen LogP contribution in [0.15, 0.2) is 28.8 Å². The molecule has 1 amide bonds. The van der Waals surface area contributed by atoms with Crippen LogP contribution in [0.2, 0.25) is 0 Å². The number of carbonyl (C=O) groups is 1. The first-order valence-corrected chi connectivity index (χ1v) is 8.10. The Balaban J connectivity index is 1.66. The highest BCUT2D eigenvalue weighted by Crippen LogP contribution is 2.29. The van der Waals surface area contributed by atoms with Crippen molar-refractivity contribution in [2.45, 2.75) is 32.7 Å². The minimum atomic E-state index is -0.254. The molecule has 24 heavy (non-hydrogen) atoms. The first kappa shape index (κ1) is 14.8. The number of hydrogen-bond acceptors (Lipinski definition) is 4. The maximum absolute atomic E-state index is 12.7. The Kier molecular flexibility index (Phi) is 3.52. The molecule has 1 aliphatic heterocycles. The van der Waals surface area contributed by atoms with Crippen molar-refractivity contribution in [3.8, 4) is 5.75 Å². The van der Waals surface area contributed by atoms with E-state index in [-0.39, 0.29) is 5.91 Å². The Morgan fingerprint density at radius 1 is 1.38 bits per heavy atom. The van der Waals surface area contributed by atoms with E-state index in [0.717, 1.165) is 48.4 Å². The van der Waals surface area contributed by atoms with E-state index in [9.17, 15) is 4.79 Å². The number of furan rings is 1. The number of rotatable bonds is 3. The van der Waals surface area contributed by atoms with E-state index in [1.807, 2.05) is 19.1 Å². The smallest absolute Gasteiger partial charge is 0.292 e. The maximum atomic E-state index is 12.7. The van der Waals surface area contributed by atoms with Crippen LogP contribution in [0.4, 0.5) is 5.82 Å². The van der Waals surface area contributed by atoms with Gasteiger partial charge in [-0.05, 0) is 31.9 Å². The van der Waals surface area contributed by atoms with Crippen LogP contribution in [-0.4, -0.2) is 22.6 Å². The molecule has 3 heterocycles. The number of fused-ring (bicyclic) bond motifs is 2. The molecule has 6 nitrogen and oxygen atoms in total. The minimum Gasteiger partial charge on any atom is -0.497 e. The number of carbonyl (C=O) groups excluding carboxylic acids is 1. The number of imidazole rings is 1.